The summed E-state index contributed by atoms with van der Waals surface area (Å²) >= 11 is 0. The number of likely N-dealkylation sites (N-methyl/N-ethyl adjacent to an activating group) is 1. The highest BCUT2D eigenvalue weighted by atomic mass is 16.2. The maximum atomic E-state index is 12.0. The van der Waals surface area contributed by atoms with Crippen LogP contribution >= 0.6 is 0 Å². The Morgan fingerprint density at radius 2 is 2.18 bits per heavy atom. The molecule has 0 aliphatic carbocycles. The smallest absolute Gasteiger partial charge is 0.222 e. The Kier molecular flexibility index (Phi) is 6.56. The van der Waals surface area contributed by atoms with Gasteiger partial charge in [-0.3, -0.25) is 4.79 Å². The Labute approximate surface area is 106 Å². The van der Waals surface area contributed by atoms with E-state index in [9.17, 15) is 4.79 Å². The van der Waals surface area contributed by atoms with Gasteiger partial charge in [0.25, 0.3) is 0 Å². The van der Waals surface area contributed by atoms with Crippen LogP contribution < -0.4 is 5.32 Å². The summed E-state index contributed by atoms with van der Waals surface area (Å²) in [6.07, 6.45) is 5.31. The molecule has 2 atom stereocenters. The molecule has 17 heavy (non-hydrogen) atoms. The lowest BCUT2D eigenvalue weighted by molar-refractivity contribution is -0.131. The van der Waals surface area contributed by atoms with Gasteiger partial charge in [0.15, 0.2) is 0 Å². The van der Waals surface area contributed by atoms with E-state index in [0.29, 0.717) is 17.9 Å². The number of carbonyl (C=O) groups is 1. The number of hydrogen-bond acceptors (Lipinski definition) is 2. The van der Waals surface area contributed by atoms with Crippen LogP contribution in [0.15, 0.2) is 0 Å². The molecule has 0 radical (unpaired) electrons. The third-order valence-corrected chi connectivity index (χ3v) is 3.67. The number of likely N-dealkylation sites (tertiary alicyclic amines) is 1. The van der Waals surface area contributed by atoms with Gasteiger partial charge in [-0.25, -0.2) is 0 Å². The second kappa shape index (κ2) is 7.70. The molecule has 0 aromatic heterocycles. The molecule has 1 amide bonds. The Bertz CT molecular complexity index is 224. The molecule has 2 unspecified atom stereocenters. The van der Waals surface area contributed by atoms with Crippen molar-refractivity contribution in [3.63, 3.8) is 0 Å². The quantitative estimate of drug-likeness (QED) is 0.773. The van der Waals surface area contributed by atoms with Gasteiger partial charge in [0.1, 0.15) is 0 Å². The summed E-state index contributed by atoms with van der Waals surface area (Å²) in [7, 11) is 0. The molecule has 0 aromatic rings. The van der Waals surface area contributed by atoms with Crippen molar-refractivity contribution in [1.29, 1.82) is 0 Å². The monoisotopic (exact) mass is 240 g/mol. The van der Waals surface area contributed by atoms with Crippen LogP contribution in [0.3, 0.4) is 0 Å². The van der Waals surface area contributed by atoms with E-state index >= 15 is 0 Å². The molecule has 100 valence electrons. The Morgan fingerprint density at radius 3 is 2.82 bits per heavy atom. The Hall–Kier alpha value is -0.570. The minimum atomic E-state index is 0.355. The van der Waals surface area contributed by atoms with E-state index in [1.807, 2.05) is 0 Å². The molecule has 1 aliphatic heterocycles. The van der Waals surface area contributed by atoms with Crippen molar-refractivity contribution >= 4 is 5.91 Å². The van der Waals surface area contributed by atoms with Crippen molar-refractivity contribution in [2.45, 2.75) is 58.9 Å². The van der Waals surface area contributed by atoms with Crippen LogP contribution in [-0.2, 0) is 4.79 Å². The maximum absolute atomic E-state index is 12.0. The highest BCUT2D eigenvalue weighted by Crippen LogP contribution is 2.18. The average Bonchev–Trinajstić information content (AvgIpc) is 2.45. The van der Waals surface area contributed by atoms with Crippen LogP contribution in [0.4, 0.5) is 0 Å². The van der Waals surface area contributed by atoms with E-state index in [-0.39, 0.29) is 0 Å². The third-order valence-electron chi connectivity index (χ3n) is 3.67. The molecule has 1 fully saturated rings. The first-order valence-corrected chi connectivity index (χ1v) is 7.18. The number of nitrogens with one attached hydrogen (secondary N) is 1. The molecule has 1 aliphatic rings. The van der Waals surface area contributed by atoms with Gasteiger partial charge in [-0.1, -0.05) is 27.2 Å². The van der Waals surface area contributed by atoms with Gasteiger partial charge < -0.3 is 10.2 Å². The van der Waals surface area contributed by atoms with Crippen molar-refractivity contribution < 1.29 is 4.79 Å². The summed E-state index contributed by atoms with van der Waals surface area (Å²) in [5, 5.41) is 3.49. The van der Waals surface area contributed by atoms with Gasteiger partial charge in [-0.05, 0) is 31.7 Å². The average molecular weight is 240 g/mol. The fraction of sp³-hybridized carbons (Fsp3) is 0.929. The van der Waals surface area contributed by atoms with Crippen molar-refractivity contribution in [3.8, 4) is 0 Å². The molecular weight excluding hydrogens is 212 g/mol. The second-order valence-electron chi connectivity index (χ2n) is 5.32. The molecule has 0 saturated carbocycles. The van der Waals surface area contributed by atoms with Gasteiger partial charge in [0, 0.05) is 25.6 Å². The normalized spacial score (nSPS) is 23.6. The molecule has 1 rings (SSSR count). The molecule has 3 nitrogen and oxygen atoms in total. The van der Waals surface area contributed by atoms with Crippen LogP contribution in [-0.4, -0.2) is 36.5 Å². The number of carbonyl (C=O) groups excluding carboxylic acids is 1. The van der Waals surface area contributed by atoms with Crippen molar-refractivity contribution in [3.05, 3.63) is 0 Å². The lowest BCUT2D eigenvalue weighted by Crippen LogP contribution is -2.43. The van der Waals surface area contributed by atoms with Gasteiger partial charge in [-0.15, -0.1) is 0 Å². The first kappa shape index (κ1) is 14.5. The molecular formula is C14H28N2O. The molecule has 3 heteroatoms. The van der Waals surface area contributed by atoms with Crippen LogP contribution in [0.25, 0.3) is 0 Å². The Balaban J connectivity index is 2.48. The van der Waals surface area contributed by atoms with E-state index in [1.54, 1.807) is 0 Å². The van der Waals surface area contributed by atoms with Crippen LogP contribution in [0, 0.1) is 5.92 Å². The van der Waals surface area contributed by atoms with Gasteiger partial charge in [0.05, 0.1) is 0 Å². The predicted molar refractivity (Wildman–Crippen MR) is 72.0 cm³/mol. The fourth-order valence-electron chi connectivity index (χ4n) is 2.53. The molecule has 0 aromatic carbocycles. The van der Waals surface area contributed by atoms with E-state index in [4.69, 9.17) is 0 Å². The maximum Gasteiger partial charge on any atom is 0.222 e. The first-order chi connectivity index (χ1) is 8.17. The van der Waals surface area contributed by atoms with Crippen molar-refractivity contribution in [2.24, 2.45) is 5.92 Å². The number of hydrogen-bond donors (Lipinski definition) is 1. The number of amides is 1. The lowest BCUT2D eigenvalue weighted by Gasteiger charge is -2.27. The Morgan fingerprint density at radius 1 is 1.41 bits per heavy atom. The highest BCUT2D eigenvalue weighted by molar-refractivity contribution is 5.76. The summed E-state index contributed by atoms with van der Waals surface area (Å²) in [5.41, 5.74) is 0. The van der Waals surface area contributed by atoms with E-state index in [1.165, 1.54) is 6.42 Å². The van der Waals surface area contributed by atoms with Gasteiger partial charge in [0.2, 0.25) is 5.91 Å². The predicted octanol–water partition coefficient (Wildman–Crippen LogP) is 2.41. The largest absolute Gasteiger partial charge is 0.341 e. The van der Waals surface area contributed by atoms with Crippen LogP contribution in [0.1, 0.15) is 52.9 Å². The lowest BCUT2D eigenvalue weighted by atomic mass is 10.0. The summed E-state index contributed by atoms with van der Waals surface area (Å²) < 4.78 is 0. The number of nitrogens with zero attached hydrogens (tertiary/aromatic N) is 1. The minimum Gasteiger partial charge on any atom is -0.341 e. The van der Waals surface area contributed by atoms with E-state index < -0.39 is 0 Å². The fourth-order valence-corrected chi connectivity index (χ4v) is 2.53. The summed E-state index contributed by atoms with van der Waals surface area (Å²) in [6.45, 7) is 9.43. The third kappa shape index (κ3) is 5.07. The van der Waals surface area contributed by atoms with Crippen LogP contribution in [0.5, 0.6) is 0 Å². The second-order valence-corrected chi connectivity index (χ2v) is 5.32. The number of rotatable bonds is 6. The zero-order valence-corrected chi connectivity index (χ0v) is 11.7. The summed E-state index contributed by atoms with van der Waals surface area (Å²) in [4.78, 5) is 14.1. The van der Waals surface area contributed by atoms with Crippen molar-refractivity contribution in [1.82, 2.24) is 10.2 Å². The minimum absolute atomic E-state index is 0.355. The zero-order valence-electron chi connectivity index (χ0n) is 11.7. The molecule has 1 saturated heterocycles. The topological polar surface area (TPSA) is 32.3 Å². The van der Waals surface area contributed by atoms with E-state index in [2.05, 4.69) is 31.0 Å². The van der Waals surface area contributed by atoms with Crippen LogP contribution in [0.2, 0.25) is 0 Å². The molecule has 0 spiro atoms. The molecule has 0 bridgehead atoms. The SMILES string of the molecule is CCCC(CN1CCC(C)CCC1=O)NCC. The van der Waals surface area contributed by atoms with E-state index in [0.717, 1.165) is 45.3 Å². The van der Waals surface area contributed by atoms with Gasteiger partial charge in [-0.2, -0.15) is 0 Å². The van der Waals surface area contributed by atoms with Gasteiger partial charge >= 0.3 is 0 Å². The highest BCUT2D eigenvalue weighted by Gasteiger charge is 2.22. The summed E-state index contributed by atoms with van der Waals surface area (Å²) in [5.74, 6) is 1.06. The zero-order chi connectivity index (χ0) is 12.7. The first-order valence-electron chi connectivity index (χ1n) is 7.18. The molecule has 1 heterocycles. The standard InChI is InChI=1S/C14H28N2O/c1-4-6-13(15-5-2)11-16-10-9-12(3)7-8-14(16)17/h12-13,15H,4-11H2,1-3H3. The summed E-state index contributed by atoms with van der Waals surface area (Å²) in [6, 6.07) is 0.474. The van der Waals surface area contributed by atoms with Crippen molar-refractivity contribution in [2.75, 3.05) is 19.6 Å². The molecule has 1 N–H and O–H groups in total.